The second-order valence-corrected chi connectivity index (χ2v) is 4.15. The molecule has 0 amide bonds. The summed E-state index contributed by atoms with van der Waals surface area (Å²) in [5, 5.41) is 1.93. The average Bonchev–Trinajstić information content (AvgIpc) is 2.67. The maximum absolute atomic E-state index is 6.15. The zero-order chi connectivity index (χ0) is 11.1. The van der Waals surface area contributed by atoms with Gasteiger partial charge >= 0.3 is 0 Å². The highest BCUT2D eigenvalue weighted by Gasteiger charge is 2.15. The third-order valence-electron chi connectivity index (χ3n) is 2.88. The molecule has 0 bridgehead atoms. The molecule has 16 heavy (non-hydrogen) atoms. The van der Waals surface area contributed by atoms with E-state index in [1.807, 2.05) is 34.9 Å². The molecular weight excluding hydrogens is 220 g/mol. The summed E-state index contributed by atoms with van der Waals surface area (Å²) in [6.07, 6.45) is 0. The normalized spacial score (nSPS) is 11.4. The van der Waals surface area contributed by atoms with Gasteiger partial charge in [0.1, 0.15) is 11.0 Å². The first-order chi connectivity index (χ1) is 7.81. The van der Waals surface area contributed by atoms with E-state index in [9.17, 15) is 0 Å². The number of nitrogens with zero attached hydrogens (tertiary/aromatic N) is 2. The molecule has 1 aromatic carbocycles. The van der Waals surface area contributed by atoms with Gasteiger partial charge in [-0.2, -0.15) is 0 Å². The van der Waals surface area contributed by atoms with Crippen LogP contribution in [0.4, 0.5) is 0 Å². The van der Waals surface area contributed by atoms with E-state index in [-0.39, 0.29) is 0 Å². The van der Waals surface area contributed by atoms with Crippen molar-refractivity contribution in [1.29, 1.82) is 0 Å². The molecule has 0 aromatic heterocycles. The Morgan fingerprint density at radius 3 is 2.81 bits per heavy atom. The summed E-state index contributed by atoms with van der Waals surface area (Å²) in [5.74, 6) is 0.969. The van der Waals surface area contributed by atoms with Crippen molar-refractivity contribution in [3.63, 3.8) is 0 Å². The average molecular weight is 231 g/mol. The van der Waals surface area contributed by atoms with Crippen molar-refractivity contribution in [2.45, 2.75) is 13.5 Å². The molecular formula is C13H11ClN2. The van der Waals surface area contributed by atoms with Crippen molar-refractivity contribution >= 4 is 22.5 Å². The van der Waals surface area contributed by atoms with E-state index < -0.39 is 0 Å². The van der Waals surface area contributed by atoms with Crippen LogP contribution in [-0.4, -0.2) is 9.55 Å². The topological polar surface area (TPSA) is 17.8 Å². The molecule has 0 aliphatic carbocycles. The standard InChI is InChI=1S/C13H11ClN2/c1-2-16-12(14)8-7-10-9-5-3-4-6-11(9)15-13(10)16/h3-8H,2H2,1H3. The lowest BCUT2D eigenvalue weighted by molar-refractivity contribution is 0.754. The SMILES string of the molecule is CCn1c(Cl)ccc2c3ccccc3nc1-2. The molecule has 2 heterocycles. The van der Waals surface area contributed by atoms with Crippen LogP contribution < -0.4 is 0 Å². The van der Waals surface area contributed by atoms with Gasteiger partial charge in [0.2, 0.25) is 0 Å². The smallest absolute Gasteiger partial charge is 0.142 e. The summed E-state index contributed by atoms with van der Waals surface area (Å²) in [6.45, 7) is 2.91. The quantitative estimate of drug-likeness (QED) is 0.582. The number of aromatic nitrogens is 2. The van der Waals surface area contributed by atoms with Crippen molar-refractivity contribution in [3.8, 4) is 11.4 Å². The molecule has 1 aromatic rings. The van der Waals surface area contributed by atoms with Crippen LogP contribution in [0.15, 0.2) is 36.4 Å². The largest absolute Gasteiger partial charge is 0.317 e. The van der Waals surface area contributed by atoms with Gasteiger partial charge in [-0.15, -0.1) is 0 Å². The number of rotatable bonds is 1. The van der Waals surface area contributed by atoms with Crippen molar-refractivity contribution in [3.05, 3.63) is 41.6 Å². The van der Waals surface area contributed by atoms with Crippen molar-refractivity contribution < 1.29 is 0 Å². The van der Waals surface area contributed by atoms with Crippen molar-refractivity contribution in [1.82, 2.24) is 9.55 Å². The van der Waals surface area contributed by atoms with Crippen molar-refractivity contribution in [2.24, 2.45) is 0 Å². The van der Waals surface area contributed by atoms with E-state index >= 15 is 0 Å². The minimum atomic E-state index is 0.734. The Morgan fingerprint density at radius 2 is 2.00 bits per heavy atom. The molecule has 0 saturated heterocycles. The Hall–Kier alpha value is -1.54. The predicted octanol–water partition coefficient (Wildman–Crippen LogP) is 3.81. The van der Waals surface area contributed by atoms with Crippen LogP contribution in [-0.2, 0) is 6.54 Å². The van der Waals surface area contributed by atoms with E-state index in [2.05, 4.69) is 18.0 Å². The zero-order valence-electron chi connectivity index (χ0n) is 8.94. The third kappa shape index (κ3) is 1.23. The number of halogens is 1. The Morgan fingerprint density at radius 1 is 1.19 bits per heavy atom. The van der Waals surface area contributed by atoms with Gasteiger partial charge in [-0.25, -0.2) is 4.98 Å². The maximum Gasteiger partial charge on any atom is 0.142 e. The molecule has 2 aliphatic heterocycles. The van der Waals surface area contributed by atoms with E-state index in [4.69, 9.17) is 11.6 Å². The van der Waals surface area contributed by atoms with Gasteiger partial charge in [-0.1, -0.05) is 29.8 Å². The monoisotopic (exact) mass is 230 g/mol. The lowest BCUT2D eigenvalue weighted by Crippen LogP contribution is -2.02. The van der Waals surface area contributed by atoms with Crippen LogP contribution in [0.25, 0.3) is 22.3 Å². The van der Waals surface area contributed by atoms with E-state index in [0.29, 0.717) is 0 Å². The van der Waals surface area contributed by atoms with Crippen LogP contribution in [0.3, 0.4) is 0 Å². The highest BCUT2D eigenvalue weighted by molar-refractivity contribution is 6.30. The molecule has 0 spiro atoms. The summed E-state index contributed by atoms with van der Waals surface area (Å²) in [7, 11) is 0. The number of para-hydroxylation sites is 1. The summed E-state index contributed by atoms with van der Waals surface area (Å²) < 4.78 is 2.02. The lowest BCUT2D eigenvalue weighted by Gasteiger charge is -2.11. The number of pyridine rings is 1. The van der Waals surface area contributed by atoms with Crippen LogP contribution in [0, 0.1) is 0 Å². The Balaban J connectivity index is 2.46. The molecule has 0 unspecified atom stereocenters. The highest BCUT2D eigenvalue weighted by Crippen LogP contribution is 2.32. The molecule has 0 atom stereocenters. The molecule has 3 heteroatoms. The molecule has 3 rings (SSSR count). The fraction of sp³-hybridized carbons (Fsp3) is 0.154. The first kappa shape index (κ1) is 9.67. The van der Waals surface area contributed by atoms with Crippen LogP contribution >= 0.6 is 11.6 Å². The second-order valence-electron chi connectivity index (χ2n) is 3.77. The summed E-state index contributed by atoms with van der Waals surface area (Å²) in [5.41, 5.74) is 2.20. The van der Waals surface area contributed by atoms with E-state index in [0.717, 1.165) is 23.0 Å². The molecule has 0 N–H and O–H groups in total. The van der Waals surface area contributed by atoms with Crippen LogP contribution in [0.2, 0.25) is 5.15 Å². The fourth-order valence-corrected chi connectivity index (χ4v) is 2.37. The minimum Gasteiger partial charge on any atom is -0.317 e. The molecule has 2 aliphatic rings. The van der Waals surface area contributed by atoms with Gasteiger partial charge in [-0.05, 0) is 25.1 Å². The Labute approximate surface area is 98.8 Å². The number of benzene rings is 1. The van der Waals surface area contributed by atoms with Gasteiger partial charge in [0.15, 0.2) is 0 Å². The number of hydrogen-bond donors (Lipinski definition) is 0. The summed E-state index contributed by atoms with van der Waals surface area (Å²) in [6, 6.07) is 12.1. The van der Waals surface area contributed by atoms with Gasteiger partial charge in [0, 0.05) is 17.5 Å². The second kappa shape index (κ2) is 3.49. The zero-order valence-corrected chi connectivity index (χ0v) is 9.70. The first-order valence-corrected chi connectivity index (χ1v) is 5.72. The summed E-state index contributed by atoms with van der Waals surface area (Å²) >= 11 is 6.15. The molecule has 0 saturated carbocycles. The Bertz CT molecular complexity index is 627. The first-order valence-electron chi connectivity index (χ1n) is 5.34. The van der Waals surface area contributed by atoms with Crippen molar-refractivity contribution in [2.75, 3.05) is 0 Å². The Kier molecular flexibility index (Phi) is 2.11. The lowest BCUT2D eigenvalue weighted by atomic mass is 10.1. The number of hydrogen-bond acceptors (Lipinski definition) is 1. The maximum atomic E-state index is 6.15. The fourth-order valence-electron chi connectivity index (χ4n) is 2.11. The third-order valence-corrected chi connectivity index (χ3v) is 3.21. The van der Waals surface area contributed by atoms with Crippen LogP contribution in [0.5, 0.6) is 0 Å². The minimum absolute atomic E-state index is 0.734. The predicted molar refractivity (Wildman–Crippen MR) is 67.0 cm³/mol. The van der Waals surface area contributed by atoms with Gasteiger partial charge in [0.25, 0.3) is 0 Å². The highest BCUT2D eigenvalue weighted by atomic mass is 35.5. The summed E-state index contributed by atoms with van der Waals surface area (Å²) in [4.78, 5) is 4.63. The molecule has 80 valence electrons. The van der Waals surface area contributed by atoms with Gasteiger partial charge in [-0.3, -0.25) is 0 Å². The number of fused-ring (bicyclic) bond motifs is 3. The van der Waals surface area contributed by atoms with Gasteiger partial charge < -0.3 is 4.57 Å². The molecule has 0 fully saturated rings. The van der Waals surface area contributed by atoms with Gasteiger partial charge in [0.05, 0.1) is 5.52 Å². The van der Waals surface area contributed by atoms with Crippen LogP contribution in [0.1, 0.15) is 6.92 Å². The molecule has 0 radical (unpaired) electrons. The van der Waals surface area contributed by atoms with E-state index in [1.54, 1.807) is 0 Å². The van der Waals surface area contributed by atoms with E-state index in [1.165, 1.54) is 10.9 Å². The molecule has 2 nitrogen and oxygen atoms in total.